The zero-order valence-electron chi connectivity index (χ0n) is 7.73. The smallest absolute Gasteiger partial charge is 0.275 e. The monoisotopic (exact) mass is 264 g/mol. The maximum Gasteiger partial charge on any atom is 0.275 e. The molecule has 1 N–H and O–H groups in total. The highest BCUT2D eigenvalue weighted by Crippen LogP contribution is 2.33. The SMILES string of the molecule is Cc1cc(C(F)(F)CCO)ccc1Br. The highest BCUT2D eigenvalue weighted by atomic mass is 79.9. The second-order valence-corrected chi connectivity index (χ2v) is 4.00. The molecule has 0 heterocycles. The summed E-state index contributed by atoms with van der Waals surface area (Å²) in [5.41, 5.74) is 0.715. The van der Waals surface area contributed by atoms with Gasteiger partial charge in [-0.05, 0) is 24.6 Å². The number of aryl methyl sites for hydroxylation is 1. The Morgan fingerprint density at radius 1 is 1.43 bits per heavy atom. The predicted octanol–water partition coefficient (Wildman–Crippen LogP) is 3.23. The first-order valence-electron chi connectivity index (χ1n) is 4.22. The maximum atomic E-state index is 13.3. The van der Waals surface area contributed by atoms with Crippen LogP contribution in [0.2, 0.25) is 0 Å². The maximum absolute atomic E-state index is 13.3. The summed E-state index contributed by atoms with van der Waals surface area (Å²) < 4.78 is 27.4. The minimum atomic E-state index is -2.94. The molecule has 0 aliphatic carbocycles. The van der Waals surface area contributed by atoms with Crippen molar-refractivity contribution in [1.29, 1.82) is 0 Å². The molecule has 78 valence electrons. The van der Waals surface area contributed by atoms with Crippen LogP contribution in [0.5, 0.6) is 0 Å². The average Bonchev–Trinajstić information content (AvgIpc) is 2.09. The molecule has 0 amide bonds. The molecule has 0 aliphatic rings. The molecule has 1 aromatic rings. The van der Waals surface area contributed by atoms with Crippen LogP contribution in [0, 0.1) is 6.92 Å². The van der Waals surface area contributed by atoms with Gasteiger partial charge in [-0.25, -0.2) is 8.78 Å². The van der Waals surface area contributed by atoms with Crippen LogP contribution in [0.1, 0.15) is 17.5 Å². The van der Waals surface area contributed by atoms with Gasteiger partial charge in [0.25, 0.3) is 5.92 Å². The molecular formula is C10H11BrF2O. The van der Waals surface area contributed by atoms with Crippen LogP contribution < -0.4 is 0 Å². The Morgan fingerprint density at radius 3 is 2.57 bits per heavy atom. The van der Waals surface area contributed by atoms with Gasteiger partial charge in [-0.2, -0.15) is 0 Å². The van der Waals surface area contributed by atoms with Gasteiger partial charge >= 0.3 is 0 Å². The van der Waals surface area contributed by atoms with Crippen LogP contribution in [0.15, 0.2) is 22.7 Å². The molecular weight excluding hydrogens is 254 g/mol. The van der Waals surface area contributed by atoms with Crippen LogP contribution >= 0.6 is 15.9 Å². The molecule has 0 aromatic heterocycles. The van der Waals surface area contributed by atoms with E-state index < -0.39 is 19.0 Å². The highest BCUT2D eigenvalue weighted by Gasteiger charge is 2.30. The Hall–Kier alpha value is -0.480. The number of hydrogen-bond donors (Lipinski definition) is 1. The van der Waals surface area contributed by atoms with Gasteiger partial charge in [0.15, 0.2) is 0 Å². The number of alkyl halides is 2. The van der Waals surface area contributed by atoms with Crippen LogP contribution in [-0.2, 0) is 5.92 Å². The minimum Gasteiger partial charge on any atom is -0.396 e. The van der Waals surface area contributed by atoms with E-state index in [4.69, 9.17) is 5.11 Å². The van der Waals surface area contributed by atoms with Crippen molar-refractivity contribution in [1.82, 2.24) is 0 Å². The summed E-state index contributed by atoms with van der Waals surface area (Å²) in [7, 11) is 0. The predicted molar refractivity (Wildman–Crippen MR) is 54.5 cm³/mol. The molecule has 1 nitrogen and oxygen atoms in total. The molecule has 0 unspecified atom stereocenters. The first-order chi connectivity index (χ1) is 6.47. The second kappa shape index (κ2) is 4.36. The topological polar surface area (TPSA) is 20.2 Å². The van der Waals surface area contributed by atoms with Gasteiger partial charge in [0.2, 0.25) is 0 Å². The van der Waals surface area contributed by atoms with Crippen LogP contribution in [-0.4, -0.2) is 11.7 Å². The average molecular weight is 265 g/mol. The van der Waals surface area contributed by atoms with Crippen LogP contribution in [0.25, 0.3) is 0 Å². The number of rotatable bonds is 3. The molecule has 0 saturated heterocycles. The molecule has 0 radical (unpaired) electrons. The molecule has 0 aliphatic heterocycles. The van der Waals surface area contributed by atoms with E-state index in [1.165, 1.54) is 12.1 Å². The fourth-order valence-corrected chi connectivity index (χ4v) is 1.40. The number of hydrogen-bond acceptors (Lipinski definition) is 1. The Bertz CT molecular complexity index is 326. The van der Waals surface area contributed by atoms with Crippen molar-refractivity contribution in [2.45, 2.75) is 19.3 Å². The third kappa shape index (κ3) is 2.51. The first-order valence-corrected chi connectivity index (χ1v) is 5.02. The van der Waals surface area contributed by atoms with Crippen molar-refractivity contribution in [2.75, 3.05) is 6.61 Å². The van der Waals surface area contributed by atoms with E-state index in [9.17, 15) is 8.78 Å². The van der Waals surface area contributed by atoms with E-state index >= 15 is 0 Å². The Labute approximate surface area is 89.9 Å². The number of benzene rings is 1. The second-order valence-electron chi connectivity index (χ2n) is 3.14. The standard InChI is InChI=1S/C10H11BrF2O/c1-7-6-8(2-3-9(7)11)10(12,13)4-5-14/h2-3,6,14H,4-5H2,1H3. The molecule has 0 atom stereocenters. The van der Waals surface area contributed by atoms with Gasteiger partial charge in [0.1, 0.15) is 0 Å². The van der Waals surface area contributed by atoms with Crippen LogP contribution in [0.4, 0.5) is 8.78 Å². The lowest BCUT2D eigenvalue weighted by molar-refractivity contribution is -0.0270. The summed E-state index contributed by atoms with van der Waals surface area (Å²) in [5, 5.41) is 8.50. The summed E-state index contributed by atoms with van der Waals surface area (Å²) in [6.07, 6.45) is -0.534. The van der Waals surface area contributed by atoms with E-state index in [-0.39, 0.29) is 5.56 Å². The zero-order valence-corrected chi connectivity index (χ0v) is 9.31. The van der Waals surface area contributed by atoms with E-state index in [0.717, 1.165) is 10.0 Å². The van der Waals surface area contributed by atoms with Gasteiger partial charge < -0.3 is 5.11 Å². The number of halogens is 3. The largest absolute Gasteiger partial charge is 0.396 e. The molecule has 0 saturated carbocycles. The van der Waals surface area contributed by atoms with Crippen molar-refractivity contribution in [3.05, 3.63) is 33.8 Å². The highest BCUT2D eigenvalue weighted by molar-refractivity contribution is 9.10. The zero-order chi connectivity index (χ0) is 10.8. The summed E-state index contributed by atoms with van der Waals surface area (Å²) >= 11 is 3.24. The van der Waals surface area contributed by atoms with Gasteiger partial charge in [0, 0.05) is 23.1 Å². The van der Waals surface area contributed by atoms with Crippen molar-refractivity contribution in [3.63, 3.8) is 0 Å². The number of aliphatic hydroxyl groups excluding tert-OH is 1. The lowest BCUT2D eigenvalue weighted by Gasteiger charge is -2.16. The molecule has 14 heavy (non-hydrogen) atoms. The van der Waals surface area contributed by atoms with E-state index in [2.05, 4.69) is 15.9 Å². The third-order valence-corrected chi connectivity index (χ3v) is 2.90. The fraction of sp³-hybridized carbons (Fsp3) is 0.400. The van der Waals surface area contributed by atoms with Gasteiger partial charge in [-0.15, -0.1) is 0 Å². The van der Waals surface area contributed by atoms with Crippen LogP contribution in [0.3, 0.4) is 0 Å². The Morgan fingerprint density at radius 2 is 2.07 bits per heavy atom. The minimum absolute atomic E-state index is 0.0488. The molecule has 4 heteroatoms. The van der Waals surface area contributed by atoms with Crippen molar-refractivity contribution >= 4 is 15.9 Å². The fourth-order valence-electron chi connectivity index (χ4n) is 1.16. The first kappa shape index (κ1) is 11.6. The quantitative estimate of drug-likeness (QED) is 0.889. The third-order valence-electron chi connectivity index (χ3n) is 2.01. The van der Waals surface area contributed by atoms with E-state index in [0.29, 0.717) is 0 Å². The van der Waals surface area contributed by atoms with E-state index in [1.54, 1.807) is 13.0 Å². The Balaban J connectivity index is 3.01. The van der Waals surface area contributed by atoms with Gasteiger partial charge in [-0.3, -0.25) is 0 Å². The lowest BCUT2D eigenvalue weighted by atomic mass is 10.0. The van der Waals surface area contributed by atoms with Crippen molar-refractivity contribution in [2.24, 2.45) is 0 Å². The summed E-state index contributed by atoms with van der Waals surface area (Å²) in [6, 6.07) is 4.39. The van der Waals surface area contributed by atoms with Gasteiger partial charge in [0.05, 0.1) is 0 Å². The van der Waals surface area contributed by atoms with Crippen molar-refractivity contribution in [3.8, 4) is 0 Å². The van der Waals surface area contributed by atoms with Crippen molar-refractivity contribution < 1.29 is 13.9 Å². The molecule has 1 aromatic carbocycles. The molecule has 0 fully saturated rings. The molecule has 1 rings (SSSR count). The number of aliphatic hydroxyl groups is 1. The summed E-state index contributed by atoms with van der Waals surface area (Å²) in [5.74, 6) is -2.94. The lowest BCUT2D eigenvalue weighted by Crippen LogP contribution is -2.15. The normalized spacial score (nSPS) is 11.8. The summed E-state index contributed by atoms with van der Waals surface area (Å²) in [6.45, 7) is 1.24. The van der Waals surface area contributed by atoms with E-state index in [1.807, 2.05) is 0 Å². The van der Waals surface area contributed by atoms with Gasteiger partial charge in [-0.1, -0.05) is 22.0 Å². The molecule has 0 bridgehead atoms. The molecule has 0 spiro atoms. The Kier molecular flexibility index (Phi) is 3.61. The summed E-state index contributed by atoms with van der Waals surface area (Å²) in [4.78, 5) is 0.